The Kier molecular flexibility index (Phi) is 4.94. The van der Waals surface area contributed by atoms with Gasteiger partial charge in [0.25, 0.3) is 0 Å². The zero-order chi connectivity index (χ0) is 18.0. The van der Waals surface area contributed by atoms with E-state index in [1.165, 1.54) is 0 Å². The molecule has 1 saturated heterocycles. The molecule has 0 aromatic carbocycles. The zero-order valence-corrected chi connectivity index (χ0v) is 14.1. The van der Waals surface area contributed by atoms with Crippen LogP contribution in [0.2, 0.25) is 0 Å². The predicted octanol–water partition coefficient (Wildman–Crippen LogP) is 3.18. The highest BCUT2D eigenvalue weighted by molar-refractivity contribution is 5.37. The van der Waals surface area contributed by atoms with Gasteiger partial charge in [0.05, 0.1) is 5.69 Å². The number of piperidine rings is 1. The summed E-state index contributed by atoms with van der Waals surface area (Å²) >= 11 is 0. The third-order valence-electron chi connectivity index (χ3n) is 4.46. The third-order valence-corrected chi connectivity index (χ3v) is 4.46. The molecule has 25 heavy (non-hydrogen) atoms. The van der Waals surface area contributed by atoms with Gasteiger partial charge in [-0.05, 0) is 26.7 Å². The minimum Gasteiger partial charge on any atom is -0.367 e. The van der Waals surface area contributed by atoms with Gasteiger partial charge in [0.2, 0.25) is 0 Å². The van der Waals surface area contributed by atoms with Crippen molar-refractivity contribution in [1.29, 1.82) is 0 Å². The summed E-state index contributed by atoms with van der Waals surface area (Å²) in [6.45, 7) is 6.29. The van der Waals surface area contributed by atoms with Crippen LogP contribution in [0.5, 0.6) is 0 Å². The first-order chi connectivity index (χ1) is 11.8. The summed E-state index contributed by atoms with van der Waals surface area (Å²) in [4.78, 5) is 9.47. The number of rotatable bonds is 4. The molecule has 0 bridgehead atoms. The molecule has 0 aliphatic carbocycles. The highest BCUT2D eigenvalue weighted by Crippen LogP contribution is 2.28. The van der Waals surface area contributed by atoms with Crippen LogP contribution >= 0.6 is 0 Å². The second-order valence-electron chi connectivity index (χ2n) is 6.28. The summed E-state index contributed by atoms with van der Waals surface area (Å²) in [6, 6.07) is 1.05. The van der Waals surface area contributed by atoms with Gasteiger partial charge in [-0.1, -0.05) is 5.16 Å². The molecule has 3 heterocycles. The molecular formula is C16H20F3N5O. The van der Waals surface area contributed by atoms with Gasteiger partial charge >= 0.3 is 6.18 Å². The summed E-state index contributed by atoms with van der Waals surface area (Å²) in [6.07, 6.45) is -1.86. The molecule has 0 spiro atoms. The number of hydrogen-bond acceptors (Lipinski definition) is 6. The fourth-order valence-electron chi connectivity index (χ4n) is 2.99. The smallest absolute Gasteiger partial charge is 0.367 e. The highest BCUT2D eigenvalue weighted by atomic mass is 19.4. The van der Waals surface area contributed by atoms with E-state index in [0.29, 0.717) is 0 Å². The molecule has 0 radical (unpaired) electrons. The molecule has 1 aliphatic heterocycles. The first-order valence-corrected chi connectivity index (χ1v) is 8.13. The van der Waals surface area contributed by atoms with Crippen molar-refractivity contribution < 1.29 is 17.7 Å². The highest BCUT2D eigenvalue weighted by Gasteiger charge is 2.33. The molecule has 6 nitrogen and oxygen atoms in total. The lowest BCUT2D eigenvalue weighted by molar-refractivity contribution is -0.141. The van der Waals surface area contributed by atoms with Crippen LogP contribution in [0, 0.1) is 13.8 Å². The summed E-state index contributed by atoms with van der Waals surface area (Å²) in [5, 5.41) is 7.05. The Balaban J connectivity index is 1.55. The number of anilines is 1. The Morgan fingerprint density at radius 3 is 2.56 bits per heavy atom. The molecule has 0 amide bonds. The van der Waals surface area contributed by atoms with E-state index in [2.05, 4.69) is 25.3 Å². The van der Waals surface area contributed by atoms with Crippen LogP contribution in [-0.4, -0.2) is 39.2 Å². The van der Waals surface area contributed by atoms with Crippen LogP contribution in [0.25, 0.3) is 0 Å². The van der Waals surface area contributed by atoms with Crippen molar-refractivity contribution in [3.05, 3.63) is 35.1 Å². The van der Waals surface area contributed by atoms with Crippen molar-refractivity contribution in [2.24, 2.45) is 0 Å². The summed E-state index contributed by atoms with van der Waals surface area (Å²) < 4.78 is 43.3. The van der Waals surface area contributed by atoms with E-state index in [4.69, 9.17) is 4.52 Å². The monoisotopic (exact) mass is 355 g/mol. The van der Waals surface area contributed by atoms with Gasteiger partial charge in [0.15, 0.2) is 0 Å². The number of nitrogens with one attached hydrogen (secondary N) is 1. The number of aromatic nitrogens is 3. The average Bonchev–Trinajstić information content (AvgIpc) is 2.88. The molecule has 0 saturated carbocycles. The van der Waals surface area contributed by atoms with Crippen molar-refractivity contribution >= 4 is 5.82 Å². The normalized spacial score (nSPS) is 17.0. The number of alkyl halides is 3. The molecule has 1 aliphatic rings. The lowest BCUT2D eigenvalue weighted by Gasteiger charge is -2.32. The standard InChI is InChI=1S/C16H20F3N5O/c1-10-13(11(2)25-23-10)8-24-5-3-12(4-6-24)22-15-7-14(16(17,18)19)20-9-21-15/h7,9,12H,3-6,8H2,1-2H3,(H,20,21,22). The molecule has 3 rings (SSSR count). The third kappa shape index (κ3) is 4.28. The Bertz CT molecular complexity index is 703. The second kappa shape index (κ2) is 6.99. The maximum Gasteiger partial charge on any atom is 0.433 e. The Labute approximate surface area is 143 Å². The molecule has 0 unspecified atom stereocenters. The number of hydrogen-bond donors (Lipinski definition) is 1. The van der Waals surface area contributed by atoms with Crippen molar-refractivity contribution in [2.75, 3.05) is 18.4 Å². The van der Waals surface area contributed by atoms with Crippen molar-refractivity contribution in [2.45, 2.75) is 45.5 Å². The summed E-state index contributed by atoms with van der Waals surface area (Å²) in [7, 11) is 0. The minimum absolute atomic E-state index is 0.0944. The Hall–Kier alpha value is -2.16. The topological polar surface area (TPSA) is 67.1 Å². The maximum atomic E-state index is 12.7. The van der Waals surface area contributed by atoms with E-state index in [1.54, 1.807) is 0 Å². The number of aryl methyl sites for hydroxylation is 2. The second-order valence-corrected chi connectivity index (χ2v) is 6.28. The molecule has 2 aromatic heterocycles. The number of halogens is 3. The van der Waals surface area contributed by atoms with Crippen LogP contribution in [-0.2, 0) is 12.7 Å². The van der Waals surface area contributed by atoms with E-state index in [1.807, 2.05) is 13.8 Å². The fourth-order valence-corrected chi connectivity index (χ4v) is 2.99. The van der Waals surface area contributed by atoms with Gasteiger partial charge in [-0.3, -0.25) is 4.90 Å². The zero-order valence-electron chi connectivity index (χ0n) is 14.1. The van der Waals surface area contributed by atoms with Crippen molar-refractivity contribution in [3.8, 4) is 0 Å². The summed E-state index contributed by atoms with van der Waals surface area (Å²) in [5.41, 5.74) is 1.08. The Morgan fingerprint density at radius 1 is 1.24 bits per heavy atom. The van der Waals surface area contributed by atoms with Crippen LogP contribution in [0.3, 0.4) is 0 Å². The van der Waals surface area contributed by atoms with Crippen molar-refractivity contribution in [3.63, 3.8) is 0 Å². The minimum atomic E-state index is -4.46. The van der Waals surface area contributed by atoms with E-state index >= 15 is 0 Å². The van der Waals surface area contributed by atoms with E-state index in [-0.39, 0.29) is 11.9 Å². The summed E-state index contributed by atoms with van der Waals surface area (Å²) in [5.74, 6) is 1.05. The van der Waals surface area contributed by atoms with Gasteiger partial charge in [-0.15, -0.1) is 0 Å². The van der Waals surface area contributed by atoms with Gasteiger partial charge in [0, 0.05) is 37.3 Å². The van der Waals surface area contributed by atoms with Crippen LogP contribution in [0.4, 0.5) is 19.0 Å². The molecule has 1 N–H and O–H groups in total. The van der Waals surface area contributed by atoms with E-state index < -0.39 is 11.9 Å². The number of likely N-dealkylation sites (tertiary alicyclic amines) is 1. The van der Waals surface area contributed by atoms with Gasteiger partial charge < -0.3 is 9.84 Å². The predicted molar refractivity (Wildman–Crippen MR) is 84.9 cm³/mol. The SMILES string of the molecule is Cc1noc(C)c1CN1CCC(Nc2cc(C(F)(F)F)ncn2)CC1. The van der Waals surface area contributed by atoms with Crippen LogP contribution in [0.1, 0.15) is 35.6 Å². The lowest BCUT2D eigenvalue weighted by atomic mass is 10.0. The van der Waals surface area contributed by atoms with Gasteiger partial charge in [-0.25, -0.2) is 9.97 Å². The van der Waals surface area contributed by atoms with Gasteiger partial charge in [-0.2, -0.15) is 13.2 Å². The lowest BCUT2D eigenvalue weighted by Crippen LogP contribution is -2.39. The van der Waals surface area contributed by atoms with Gasteiger partial charge in [0.1, 0.15) is 23.6 Å². The molecule has 2 aromatic rings. The quantitative estimate of drug-likeness (QED) is 0.909. The molecule has 1 fully saturated rings. The molecule has 9 heteroatoms. The van der Waals surface area contributed by atoms with Crippen LogP contribution in [0.15, 0.2) is 16.9 Å². The van der Waals surface area contributed by atoms with E-state index in [0.717, 1.165) is 61.9 Å². The Morgan fingerprint density at radius 2 is 1.96 bits per heavy atom. The van der Waals surface area contributed by atoms with Crippen LogP contribution < -0.4 is 5.32 Å². The van der Waals surface area contributed by atoms with E-state index in [9.17, 15) is 13.2 Å². The first-order valence-electron chi connectivity index (χ1n) is 8.13. The largest absolute Gasteiger partial charge is 0.433 e. The molecule has 0 atom stereocenters. The molecule has 136 valence electrons. The fraction of sp³-hybridized carbons (Fsp3) is 0.562. The average molecular weight is 355 g/mol. The maximum absolute atomic E-state index is 12.7. The molecular weight excluding hydrogens is 335 g/mol. The first kappa shape index (κ1) is 17.7. The number of nitrogens with zero attached hydrogens (tertiary/aromatic N) is 4. The van der Waals surface area contributed by atoms with Crippen molar-refractivity contribution in [1.82, 2.24) is 20.0 Å².